The molecule has 0 saturated carbocycles. The molecule has 1 atom stereocenters. The van der Waals surface area contributed by atoms with Crippen molar-refractivity contribution < 1.29 is 29.5 Å². The number of aliphatic hydroxyl groups is 1. The molecule has 160 valence electrons. The third kappa shape index (κ3) is 4.45. The molecule has 1 amide bonds. The lowest BCUT2D eigenvalue weighted by Crippen LogP contribution is -2.32. The lowest BCUT2D eigenvalue weighted by atomic mass is 9.95. The molecule has 1 aliphatic heterocycles. The fourth-order valence-electron chi connectivity index (χ4n) is 3.50. The zero-order valence-corrected chi connectivity index (χ0v) is 16.6. The average molecular weight is 423 g/mol. The van der Waals surface area contributed by atoms with Gasteiger partial charge in [-0.3, -0.25) is 19.7 Å². The second-order valence-corrected chi connectivity index (χ2v) is 7.18. The molecule has 0 aromatic heterocycles. The van der Waals surface area contributed by atoms with Crippen molar-refractivity contribution in [2.24, 2.45) is 0 Å². The fraction of sp³-hybridized carbons (Fsp3) is 0.227. The van der Waals surface area contributed by atoms with Crippen LogP contribution in [0.3, 0.4) is 0 Å². The minimum Gasteiger partial charge on any atom is -0.550 e. The molecule has 2 aromatic rings. The number of benzene rings is 2. The molecule has 1 aliphatic rings. The van der Waals surface area contributed by atoms with Gasteiger partial charge in [-0.1, -0.05) is 29.8 Å². The predicted octanol–water partition coefficient (Wildman–Crippen LogP) is 1.86. The van der Waals surface area contributed by atoms with Crippen LogP contribution in [0.25, 0.3) is 5.76 Å². The summed E-state index contributed by atoms with van der Waals surface area (Å²) >= 11 is 0. The largest absolute Gasteiger partial charge is 0.550 e. The van der Waals surface area contributed by atoms with E-state index in [0.29, 0.717) is 11.1 Å². The van der Waals surface area contributed by atoms with Crippen LogP contribution in [0.1, 0.15) is 35.6 Å². The lowest BCUT2D eigenvalue weighted by molar-refractivity contribution is -0.384. The highest BCUT2D eigenvalue weighted by atomic mass is 16.6. The van der Waals surface area contributed by atoms with Gasteiger partial charge in [0, 0.05) is 30.2 Å². The number of carboxylic acids is 1. The molecule has 1 heterocycles. The number of Topliss-reactive ketones (excluding diaryl/α,β-unsaturated/α-hetero) is 1. The molecule has 1 fully saturated rings. The van der Waals surface area contributed by atoms with E-state index >= 15 is 0 Å². The van der Waals surface area contributed by atoms with Crippen molar-refractivity contribution in [1.29, 1.82) is 0 Å². The number of ketones is 1. The average Bonchev–Trinajstić information content (AvgIpc) is 2.98. The molecule has 1 N–H and O–H groups in total. The van der Waals surface area contributed by atoms with E-state index in [1.54, 1.807) is 24.3 Å². The first-order valence-electron chi connectivity index (χ1n) is 9.50. The number of amides is 1. The van der Waals surface area contributed by atoms with Gasteiger partial charge >= 0.3 is 0 Å². The number of hydrogen-bond donors (Lipinski definition) is 1. The Morgan fingerprint density at radius 1 is 1.10 bits per heavy atom. The number of likely N-dealkylation sites (tertiary alicyclic amines) is 1. The number of nitro benzene ring substituents is 1. The van der Waals surface area contributed by atoms with Gasteiger partial charge in [-0.15, -0.1) is 0 Å². The van der Waals surface area contributed by atoms with E-state index in [0.717, 1.165) is 5.56 Å². The van der Waals surface area contributed by atoms with Gasteiger partial charge in [0.15, 0.2) is 0 Å². The lowest BCUT2D eigenvalue weighted by Gasteiger charge is -2.25. The Hall–Kier alpha value is -4.01. The number of carboxylic acid groups (broad SMARTS) is 1. The van der Waals surface area contributed by atoms with Crippen LogP contribution < -0.4 is 5.11 Å². The molecule has 0 aliphatic carbocycles. The summed E-state index contributed by atoms with van der Waals surface area (Å²) in [6, 6.07) is 11.0. The van der Waals surface area contributed by atoms with Crippen LogP contribution in [0.4, 0.5) is 5.69 Å². The predicted molar refractivity (Wildman–Crippen MR) is 108 cm³/mol. The monoisotopic (exact) mass is 423 g/mol. The zero-order chi connectivity index (χ0) is 22.7. The second-order valence-electron chi connectivity index (χ2n) is 7.18. The maximum atomic E-state index is 12.8. The molecule has 9 heteroatoms. The van der Waals surface area contributed by atoms with Crippen molar-refractivity contribution >= 4 is 29.1 Å². The highest BCUT2D eigenvalue weighted by Crippen LogP contribution is 2.39. The Bertz CT molecular complexity index is 1070. The minimum atomic E-state index is -1.29. The van der Waals surface area contributed by atoms with E-state index < -0.39 is 28.6 Å². The van der Waals surface area contributed by atoms with Gasteiger partial charge in [0.1, 0.15) is 5.76 Å². The van der Waals surface area contributed by atoms with Crippen LogP contribution in [-0.2, 0) is 14.4 Å². The van der Waals surface area contributed by atoms with Gasteiger partial charge < -0.3 is 19.9 Å². The number of aryl methyl sites for hydroxylation is 1. The summed E-state index contributed by atoms with van der Waals surface area (Å²) < 4.78 is 0. The van der Waals surface area contributed by atoms with E-state index in [9.17, 15) is 34.7 Å². The molecule has 0 bridgehead atoms. The smallest absolute Gasteiger partial charge is 0.295 e. The third-order valence-corrected chi connectivity index (χ3v) is 5.06. The van der Waals surface area contributed by atoms with Gasteiger partial charge in [-0.25, -0.2) is 0 Å². The summed E-state index contributed by atoms with van der Waals surface area (Å²) in [4.78, 5) is 47.8. The second kappa shape index (κ2) is 8.78. The summed E-state index contributed by atoms with van der Waals surface area (Å²) in [5.74, 6) is -3.45. The van der Waals surface area contributed by atoms with Crippen LogP contribution >= 0.6 is 0 Å². The first kappa shape index (κ1) is 21.7. The standard InChI is InChI=1S/C22H20N2O7/c1-13-4-6-15(7-5-13)20(27)18-19(14-8-10-16(11-9-14)24(30)31)23(22(29)21(18)28)12-2-3-17(25)26/h4-11,19,27H,2-3,12H2,1H3,(H,25,26)/p-1/t19-/m1/s1. The highest BCUT2D eigenvalue weighted by molar-refractivity contribution is 6.46. The van der Waals surface area contributed by atoms with Gasteiger partial charge in [0.2, 0.25) is 0 Å². The van der Waals surface area contributed by atoms with Crippen LogP contribution in [0, 0.1) is 17.0 Å². The molecule has 9 nitrogen and oxygen atoms in total. The number of nitrogens with zero attached hydrogens (tertiary/aromatic N) is 2. The van der Waals surface area contributed by atoms with Gasteiger partial charge in [-0.05, 0) is 37.5 Å². The Kier molecular flexibility index (Phi) is 6.15. The summed E-state index contributed by atoms with van der Waals surface area (Å²) in [6.45, 7) is 1.79. The molecular weight excluding hydrogens is 404 g/mol. The van der Waals surface area contributed by atoms with E-state index in [1.807, 2.05) is 6.92 Å². The normalized spacial score (nSPS) is 17.7. The summed E-state index contributed by atoms with van der Waals surface area (Å²) in [6.07, 6.45) is -0.267. The zero-order valence-electron chi connectivity index (χ0n) is 16.6. The van der Waals surface area contributed by atoms with Crippen molar-refractivity contribution in [2.75, 3.05) is 6.54 Å². The van der Waals surface area contributed by atoms with Crippen LogP contribution in [0.5, 0.6) is 0 Å². The molecule has 3 rings (SSSR count). The number of rotatable bonds is 7. The van der Waals surface area contributed by atoms with Crippen molar-refractivity contribution in [1.82, 2.24) is 4.90 Å². The molecular formula is C22H19N2O7-. The van der Waals surface area contributed by atoms with Crippen molar-refractivity contribution in [3.63, 3.8) is 0 Å². The number of carbonyl (C=O) groups excluding carboxylic acids is 3. The van der Waals surface area contributed by atoms with E-state index in [-0.39, 0.29) is 36.4 Å². The number of carbonyl (C=O) groups is 3. The summed E-state index contributed by atoms with van der Waals surface area (Å²) in [5.41, 5.74) is 1.33. The van der Waals surface area contributed by atoms with Crippen molar-refractivity contribution in [2.45, 2.75) is 25.8 Å². The highest BCUT2D eigenvalue weighted by Gasteiger charge is 2.45. The quantitative estimate of drug-likeness (QED) is 0.235. The first-order valence-corrected chi connectivity index (χ1v) is 9.50. The van der Waals surface area contributed by atoms with E-state index in [4.69, 9.17) is 0 Å². The van der Waals surface area contributed by atoms with Gasteiger partial charge in [0.05, 0.1) is 16.5 Å². The molecule has 31 heavy (non-hydrogen) atoms. The number of aliphatic carboxylic acids is 1. The molecule has 0 spiro atoms. The molecule has 0 unspecified atom stereocenters. The Morgan fingerprint density at radius 3 is 2.26 bits per heavy atom. The number of non-ortho nitro benzene ring substituents is 1. The van der Waals surface area contributed by atoms with E-state index in [2.05, 4.69) is 0 Å². The first-order chi connectivity index (χ1) is 14.7. The van der Waals surface area contributed by atoms with Gasteiger partial charge in [-0.2, -0.15) is 0 Å². The summed E-state index contributed by atoms with van der Waals surface area (Å²) in [5, 5.41) is 32.6. The van der Waals surface area contributed by atoms with Gasteiger partial charge in [0.25, 0.3) is 17.4 Å². The van der Waals surface area contributed by atoms with Crippen molar-refractivity contribution in [3.05, 3.63) is 80.9 Å². The Morgan fingerprint density at radius 2 is 1.71 bits per heavy atom. The molecule has 0 radical (unpaired) electrons. The third-order valence-electron chi connectivity index (χ3n) is 5.06. The Labute approximate surface area is 177 Å². The number of hydrogen-bond acceptors (Lipinski definition) is 7. The molecule has 1 saturated heterocycles. The van der Waals surface area contributed by atoms with Crippen molar-refractivity contribution in [3.8, 4) is 0 Å². The number of nitro groups is 1. The maximum Gasteiger partial charge on any atom is 0.295 e. The van der Waals surface area contributed by atoms with Crippen LogP contribution in [0.15, 0.2) is 54.1 Å². The summed E-state index contributed by atoms with van der Waals surface area (Å²) in [7, 11) is 0. The molecule has 2 aromatic carbocycles. The fourth-order valence-corrected chi connectivity index (χ4v) is 3.50. The minimum absolute atomic E-state index is 0.0450. The number of aliphatic hydroxyl groups excluding tert-OH is 1. The van der Waals surface area contributed by atoms with E-state index in [1.165, 1.54) is 29.2 Å². The topological polar surface area (TPSA) is 141 Å². The Balaban J connectivity index is 2.10. The van der Waals surface area contributed by atoms with Crippen LogP contribution in [0.2, 0.25) is 0 Å². The maximum absolute atomic E-state index is 12.8. The SMILES string of the molecule is Cc1ccc(C(O)=C2C(=O)C(=O)N(CCCC(=O)[O-])[C@@H]2c2ccc([N+](=O)[O-])cc2)cc1. The van der Waals surface area contributed by atoms with Crippen LogP contribution in [-0.4, -0.2) is 39.1 Å².